The number of aromatic nitrogens is 1. The summed E-state index contributed by atoms with van der Waals surface area (Å²) in [5, 5.41) is 6.95. The summed E-state index contributed by atoms with van der Waals surface area (Å²) in [6.45, 7) is 4.25. The van der Waals surface area contributed by atoms with Gasteiger partial charge in [0, 0.05) is 43.0 Å². The highest BCUT2D eigenvalue weighted by molar-refractivity contribution is 5.93. The van der Waals surface area contributed by atoms with Crippen LogP contribution in [0.1, 0.15) is 19.8 Å². The van der Waals surface area contributed by atoms with Crippen molar-refractivity contribution < 1.29 is 14.3 Å². The first-order chi connectivity index (χ1) is 11.7. The summed E-state index contributed by atoms with van der Waals surface area (Å²) in [4.78, 5) is 12.2. The van der Waals surface area contributed by atoms with Gasteiger partial charge in [-0.3, -0.25) is 0 Å². The molecule has 1 aromatic heterocycles. The largest absolute Gasteiger partial charge is 0.383 e. The molecule has 1 aliphatic heterocycles. The maximum Gasteiger partial charge on any atom is 0.319 e. The molecule has 6 nitrogen and oxygen atoms in total. The number of anilines is 1. The van der Waals surface area contributed by atoms with E-state index in [1.165, 1.54) is 0 Å². The number of rotatable bonds is 6. The number of methoxy groups -OCH3 is 1. The van der Waals surface area contributed by atoms with E-state index in [2.05, 4.69) is 15.2 Å². The van der Waals surface area contributed by atoms with Gasteiger partial charge in [0.25, 0.3) is 0 Å². The Bertz CT molecular complexity index is 692. The molecule has 0 unspecified atom stereocenters. The van der Waals surface area contributed by atoms with Crippen LogP contribution in [-0.4, -0.2) is 43.1 Å². The number of fused-ring (bicyclic) bond motifs is 1. The van der Waals surface area contributed by atoms with E-state index in [0.29, 0.717) is 6.61 Å². The molecule has 0 bridgehead atoms. The molecule has 1 aromatic carbocycles. The first kappa shape index (κ1) is 16.8. The average Bonchev–Trinajstić information content (AvgIpc) is 3.22. The van der Waals surface area contributed by atoms with Crippen molar-refractivity contribution in [3.05, 3.63) is 30.5 Å². The predicted octanol–water partition coefficient (Wildman–Crippen LogP) is 2.98. The van der Waals surface area contributed by atoms with Crippen LogP contribution in [0.15, 0.2) is 30.5 Å². The fourth-order valence-corrected chi connectivity index (χ4v) is 3.13. The van der Waals surface area contributed by atoms with E-state index >= 15 is 0 Å². The molecule has 2 atom stereocenters. The van der Waals surface area contributed by atoms with E-state index in [-0.39, 0.29) is 18.2 Å². The number of hydrogen-bond acceptors (Lipinski definition) is 3. The summed E-state index contributed by atoms with van der Waals surface area (Å²) in [7, 11) is 1.70. The van der Waals surface area contributed by atoms with E-state index in [4.69, 9.17) is 9.47 Å². The molecule has 6 heteroatoms. The zero-order chi connectivity index (χ0) is 16.9. The molecular formula is C18H25N3O3. The fourth-order valence-electron chi connectivity index (χ4n) is 3.13. The number of nitrogens with zero attached hydrogens (tertiary/aromatic N) is 1. The molecule has 3 rings (SSSR count). The Kier molecular flexibility index (Phi) is 5.37. The lowest BCUT2D eigenvalue weighted by Gasteiger charge is -2.20. The van der Waals surface area contributed by atoms with Gasteiger partial charge in [-0.15, -0.1) is 0 Å². The predicted molar refractivity (Wildman–Crippen MR) is 94.4 cm³/mol. The summed E-state index contributed by atoms with van der Waals surface area (Å²) < 4.78 is 12.9. The molecule has 0 radical (unpaired) electrons. The average molecular weight is 331 g/mol. The van der Waals surface area contributed by atoms with Gasteiger partial charge < -0.3 is 24.7 Å². The molecule has 0 spiro atoms. The highest BCUT2D eigenvalue weighted by atomic mass is 16.5. The number of carbonyl (C=O) groups excluding carboxylic acids is 1. The first-order valence-electron chi connectivity index (χ1n) is 8.44. The Morgan fingerprint density at radius 1 is 1.46 bits per heavy atom. The molecule has 1 saturated heterocycles. The Morgan fingerprint density at radius 3 is 3.08 bits per heavy atom. The minimum atomic E-state index is -0.198. The van der Waals surface area contributed by atoms with Gasteiger partial charge in [0.1, 0.15) is 0 Å². The maximum absolute atomic E-state index is 12.2. The Balaban J connectivity index is 1.61. The summed E-state index contributed by atoms with van der Waals surface area (Å²) in [6, 6.07) is 7.77. The summed E-state index contributed by atoms with van der Waals surface area (Å²) >= 11 is 0. The van der Waals surface area contributed by atoms with E-state index < -0.39 is 0 Å². The highest BCUT2D eigenvalue weighted by Gasteiger charge is 2.23. The van der Waals surface area contributed by atoms with E-state index in [1.54, 1.807) is 7.11 Å². The van der Waals surface area contributed by atoms with Crippen LogP contribution in [0.5, 0.6) is 0 Å². The van der Waals surface area contributed by atoms with Gasteiger partial charge >= 0.3 is 6.03 Å². The Morgan fingerprint density at radius 2 is 2.33 bits per heavy atom. The SMILES string of the molecule is COCCn1ccc2cc(NC(=O)N[C@@H](C)[C@H]3CCCO3)ccc21. The van der Waals surface area contributed by atoms with Gasteiger partial charge in [0.2, 0.25) is 0 Å². The van der Waals surface area contributed by atoms with Crippen LogP contribution in [0.3, 0.4) is 0 Å². The summed E-state index contributed by atoms with van der Waals surface area (Å²) in [5.74, 6) is 0. The number of benzene rings is 1. The van der Waals surface area contributed by atoms with Crippen molar-refractivity contribution >= 4 is 22.6 Å². The van der Waals surface area contributed by atoms with Gasteiger partial charge in [-0.05, 0) is 44.0 Å². The number of urea groups is 1. The second-order valence-electron chi connectivity index (χ2n) is 6.21. The molecule has 1 fully saturated rings. The molecule has 2 aromatic rings. The van der Waals surface area contributed by atoms with E-state index in [9.17, 15) is 4.79 Å². The lowest BCUT2D eigenvalue weighted by atomic mass is 10.1. The topological polar surface area (TPSA) is 64.5 Å². The monoisotopic (exact) mass is 331 g/mol. The molecule has 24 heavy (non-hydrogen) atoms. The van der Waals surface area contributed by atoms with Crippen molar-refractivity contribution in [2.75, 3.05) is 25.6 Å². The number of ether oxygens (including phenoxy) is 2. The Labute approximate surface area is 142 Å². The molecule has 2 amide bonds. The van der Waals surface area contributed by atoms with Gasteiger partial charge in [-0.1, -0.05) is 0 Å². The second-order valence-corrected chi connectivity index (χ2v) is 6.21. The van der Waals surface area contributed by atoms with Crippen molar-refractivity contribution in [3.8, 4) is 0 Å². The number of hydrogen-bond donors (Lipinski definition) is 2. The quantitative estimate of drug-likeness (QED) is 0.855. The highest BCUT2D eigenvalue weighted by Crippen LogP contribution is 2.21. The van der Waals surface area contributed by atoms with Crippen molar-refractivity contribution in [1.82, 2.24) is 9.88 Å². The number of carbonyl (C=O) groups is 1. The standard InChI is InChI=1S/C18H25N3O3/c1-13(17-4-3-10-24-17)19-18(22)20-15-5-6-16-14(12-15)7-8-21(16)9-11-23-2/h5-8,12-13,17H,3-4,9-11H2,1-2H3,(H2,19,20,22)/t13-,17+/m0/s1. The van der Waals surface area contributed by atoms with Crippen LogP contribution in [0, 0.1) is 0 Å². The van der Waals surface area contributed by atoms with Gasteiger partial charge in [0.05, 0.1) is 18.8 Å². The van der Waals surface area contributed by atoms with Crippen LogP contribution in [0.4, 0.5) is 10.5 Å². The molecule has 2 heterocycles. The van der Waals surface area contributed by atoms with E-state index in [1.807, 2.05) is 37.4 Å². The third kappa shape index (κ3) is 3.88. The molecule has 0 saturated carbocycles. The van der Waals surface area contributed by atoms with Gasteiger partial charge in [0.15, 0.2) is 0 Å². The van der Waals surface area contributed by atoms with Gasteiger partial charge in [-0.25, -0.2) is 4.79 Å². The molecular weight excluding hydrogens is 306 g/mol. The van der Waals surface area contributed by atoms with Crippen molar-refractivity contribution in [2.45, 2.75) is 38.5 Å². The number of nitrogens with one attached hydrogen (secondary N) is 2. The van der Waals surface area contributed by atoms with Crippen LogP contribution < -0.4 is 10.6 Å². The zero-order valence-electron chi connectivity index (χ0n) is 14.2. The minimum absolute atomic E-state index is 0.00589. The smallest absolute Gasteiger partial charge is 0.319 e. The molecule has 0 aliphatic carbocycles. The van der Waals surface area contributed by atoms with Crippen LogP contribution in [0.25, 0.3) is 10.9 Å². The third-order valence-electron chi connectivity index (χ3n) is 4.45. The Hall–Kier alpha value is -2.05. The zero-order valence-corrected chi connectivity index (χ0v) is 14.2. The lowest BCUT2D eigenvalue weighted by Crippen LogP contribution is -2.42. The second kappa shape index (κ2) is 7.68. The lowest BCUT2D eigenvalue weighted by molar-refractivity contribution is 0.0868. The normalized spacial score (nSPS) is 18.7. The summed E-state index contributed by atoms with van der Waals surface area (Å²) in [6.07, 6.45) is 4.22. The van der Waals surface area contributed by atoms with Crippen LogP contribution >= 0.6 is 0 Å². The van der Waals surface area contributed by atoms with Crippen molar-refractivity contribution in [1.29, 1.82) is 0 Å². The molecule has 2 N–H and O–H groups in total. The van der Waals surface area contributed by atoms with Crippen molar-refractivity contribution in [2.24, 2.45) is 0 Å². The van der Waals surface area contributed by atoms with Crippen LogP contribution in [0.2, 0.25) is 0 Å². The molecule has 130 valence electrons. The maximum atomic E-state index is 12.2. The molecule has 1 aliphatic rings. The summed E-state index contributed by atoms with van der Waals surface area (Å²) in [5.41, 5.74) is 1.91. The first-order valence-corrected chi connectivity index (χ1v) is 8.44. The third-order valence-corrected chi connectivity index (χ3v) is 4.45. The minimum Gasteiger partial charge on any atom is -0.383 e. The van der Waals surface area contributed by atoms with Crippen molar-refractivity contribution in [3.63, 3.8) is 0 Å². The fraction of sp³-hybridized carbons (Fsp3) is 0.500. The van der Waals surface area contributed by atoms with E-state index in [0.717, 1.165) is 42.6 Å². The van der Waals surface area contributed by atoms with Crippen LogP contribution in [-0.2, 0) is 16.0 Å². The number of amides is 2. The van der Waals surface area contributed by atoms with Gasteiger partial charge in [-0.2, -0.15) is 0 Å².